The van der Waals surface area contributed by atoms with Gasteiger partial charge < -0.3 is 4.74 Å². The quantitative estimate of drug-likeness (QED) is 0.717. The highest BCUT2D eigenvalue weighted by Crippen LogP contribution is 2.34. The number of rotatable bonds is 3. The van der Waals surface area contributed by atoms with E-state index >= 15 is 0 Å². The Morgan fingerprint density at radius 2 is 1.84 bits per heavy atom. The van der Waals surface area contributed by atoms with Crippen LogP contribution in [0.5, 0.6) is 5.75 Å². The number of halogens is 1. The normalized spacial score (nSPS) is 16.3. The van der Waals surface area contributed by atoms with E-state index in [4.69, 9.17) is 9.84 Å². The molecule has 0 aliphatic carbocycles. The molecule has 7 heteroatoms. The Labute approximate surface area is 148 Å². The van der Waals surface area contributed by atoms with Crippen LogP contribution in [0.25, 0.3) is 11.4 Å². The Balaban J connectivity index is 1.84. The maximum atomic E-state index is 13.2. The standard InChI is InChI=1S/C18H15FN4OS/c1-11-16(14-5-3-4-6-15(14)24-2)22-23-17(20-21-18(23)25-11)12-7-9-13(19)10-8-12/h3-11H,1-2H3/t11-/m1/s1. The van der Waals surface area contributed by atoms with Crippen molar-refractivity contribution >= 4 is 17.5 Å². The Hall–Kier alpha value is -2.67. The molecule has 126 valence electrons. The van der Waals surface area contributed by atoms with Crippen molar-refractivity contribution in [1.82, 2.24) is 14.9 Å². The summed E-state index contributed by atoms with van der Waals surface area (Å²) in [6, 6.07) is 13.9. The summed E-state index contributed by atoms with van der Waals surface area (Å²) >= 11 is 1.58. The van der Waals surface area contributed by atoms with Crippen LogP contribution in [-0.2, 0) is 0 Å². The molecule has 0 radical (unpaired) electrons. The van der Waals surface area contributed by atoms with Gasteiger partial charge >= 0.3 is 0 Å². The van der Waals surface area contributed by atoms with Crippen LogP contribution in [0.15, 0.2) is 58.8 Å². The molecule has 0 saturated carbocycles. The maximum absolute atomic E-state index is 13.2. The third-order valence-corrected chi connectivity index (χ3v) is 5.01. The molecule has 0 amide bonds. The molecular weight excluding hydrogens is 339 g/mol. The van der Waals surface area contributed by atoms with Gasteiger partial charge in [0.25, 0.3) is 0 Å². The van der Waals surface area contributed by atoms with Gasteiger partial charge in [-0.2, -0.15) is 9.78 Å². The van der Waals surface area contributed by atoms with E-state index in [-0.39, 0.29) is 11.1 Å². The lowest BCUT2D eigenvalue weighted by Crippen LogP contribution is -2.22. The molecule has 3 aromatic rings. The smallest absolute Gasteiger partial charge is 0.213 e. The first kappa shape index (κ1) is 15.8. The van der Waals surface area contributed by atoms with Gasteiger partial charge in [-0.25, -0.2) is 4.39 Å². The average Bonchev–Trinajstić information content (AvgIpc) is 3.04. The number of para-hydroxylation sites is 1. The van der Waals surface area contributed by atoms with Gasteiger partial charge in [-0.15, -0.1) is 10.2 Å². The molecule has 2 aromatic carbocycles. The van der Waals surface area contributed by atoms with Gasteiger partial charge in [0, 0.05) is 11.1 Å². The second-order valence-electron chi connectivity index (χ2n) is 5.57. The first-order chi connectivity index (χ1) is 12.2. The van der Waals surface area contributed by atoms with Crippen LogP contribution in [-0.4, -0.2) is 32.9 Å². The van der Waals surface area contributed by atoms with E-state index in [1.165, 1.54) is 12.1 Å². The van der Waals surface area contributed by atoms with Gasteiger partial charge in [0.1, 0.15) is 11.6 Å². The number of thioether (sulfide) groups is 1. The Kier molecular flexibility index (Phi) is 4.01. The third kappa shape index (κ3) is 2.80. The largest absolute Gasteiger partial charge is 0.496 e. The van der Waals surface area contributed by atoms with Gasteiger partial charge in [0.2, 0.25) is 5.16 Å². The highest BCUT2D eigenvalue weighted by molar-refractivity contribution is 8.00. The minimum Gasteiger partial charge on any atom is -0.496 e. The molecule has 4 rings (SSSR count). The van der Waals surface area contributed by atoms with E-state index in [9.17, 15) is 4.39 Å². The summed E-state index contributed by atoms with van der Waals surface area (Å²) in [5.74, 6) is 1.07. The number of aromatic nitrogens is 3. The number of ether oxygens (including phenoxy) is 1. The summed E-state index contributed by atoms with van der Waals surface area (Å²) in [4.78, 5) is 0. The first-order valence-corrected chi connectivity index (χ1v) is 8.65. The highest BCUT2D eigenvalue weighted by atomic mass is 32.2. The van der Waals surface area contributed by atoms with Crippen molar-refractivity contribution in [3.63, 3.8) is 0 Å². The molecule has 0 unspecified atom stereocenters. The van der Waals surface area contributed by atoms with Crippen LogP contribution in [0.1, 0.15) is 12.5 Å². The van der Waals surface area contributed by atoms with E-state index < -0.39 is 0 Å². The molecular formula is C18H15FN4OS. The molecule has 1 atom stereocenters. The zero-order chi connectivity index (χ0) is 17.4. The zero-order valence-electron chi connectivity index (χ0n) is 13.7. The summed E-state index contributed by atoms with van der Waals surface area (Å²) < 4.78 is 20.4. The summed E-state index contributed by atoms with van der Waals surface area (Å²) in [6.45, 7) is 2.08. The lowest BCUT2D eigenvalue weighted by Gasteiger charge is -2.21. The van der Waals surface area contributed by atoms with E-state index in [0.717, 1.165) is 22.6 Å². The lowest BCUT2D eigenvalue weighted by molar-refractivity contribution is 0.414. The monoisotopic (exact) mass is 354 g/mol. The Morgan fingerprint density at radius 3 is 2.60 bits per heavy atom. The van der Waals surface area contributed by atoms with Gasteiger partial charge in [-0.3, -0.25) is 0 Å². The van der Waals surface area contributed by atoms with Crippen LogP contribution in [0.2, 0.25) is 0 Å². The second kappa shape index (κ2) is 6.33. The summed E-state index contributed by atoms with van der Waals surface area (Å²) in [7, 11) is 1.65. The average molecular weight is 354 g/mol. The fourth-order valence-corrected chi connectivity index (χ4v) is 3.66. The predicted octanol–water partition coefficient (Wildman–Crippen LogP) is 3.84. The van der Waals surface area contributed by atoms with Gasteiger partial charge in [0.15, 0.2) is 5.82 Å². The fourth-order valence-electron chi connectivity index (χ4n) is 2.74. The molecule has 0 spiro atoms. The minimum atomic E-state index is -0.289. The number of hydrogen-bond donors (Lipinski definition) is 0. The summed E-state index contributed by atoms with van der Waals surface area (Å²) in [6.07, 6.45) is 0. The molecule has 1 aromatic heterocycles. The van der Waals surface area contributed by atoms with Crippen LogP contribution < -0.4 is 4.74 Å². The van der Waals surface area contributed by atoms with E-state index in [0.29, 0.717) is 11.0 Å². The van der Waals surface area contributed by atoms with Crippen LogP contribution >= 0.6 is 11.8 Å². The van der Waals surface area contributed by atoms with Crippen molar-refractivity contribution in [2.24, 2.45) is 5.10 Å². The van der Waals surface area contributed by atoms with Gasteiger partial charge in [-0.1, -0.05) is 23.9 Å². The highest BCUT2D eigenvalue weighted by Gasteiger charge is 2.27. The molecule has 0 bridgehead atoms. The topological polar surface area (TPSA) is 52.3 Å². The molecule has 0 N–H and O–H groups in total. The van der Waals surface area contributed by atoms with Crippen LogP contribution in [0, 0.1) is 5.82 Å². The SMILES string of the molecule is COc1ccccc1C1=Nn2c(nnc2-c2ccc(F)cc2)S[C@@H]1C. The van der Waals surface area contributed by atoms with Crippen molar-refractivity contribution in [2.75, 3.05) is 7.11 Å². The third-order valence-electron chi connectivity index (χ3n) is 3.97. The maximum Gasteiger partial charge on any atom is 0.213 e. The number of methoxy groups -OCH3 is 1. The molecule has 0 saturated heterocycles. The predicted molar refractivity (Wildman–Crippen MR) is 95.7 cm³/mol. The number of benzene rings is 2. The van der Waals surface area contributed by atoms with Gasteiger partial charge in [0.05, 0.1) is 18.1 Å². The lowest BCUT2D eigenvalue weighted by atomic mass is 10.1. The molecule has 1 aliphatic heterocycles. The molecule has 5 nitrogen and oxygen atoms in total. The second-order valence-corrected chi connectivity index (χ2v) is 6.88. The van der Waals surface area contributed by atoms with Crippen LogP contribution in [0.3, 0.4) is 0 Å². The van der Waals surface area contributed by atoms with E-state index in [2.05, 4.69) is 17.1 Å². The molecule has 2 heterocycles. The Bertz CT molecular complexity index is 952. The fraction of sp³-hybridized carbons (Fsp3) is 0.167. The summed E-state index contributed by atoms with van der Waals surface area (Å²) in [5, 5.41) is 14.1. The van der Waals surface area contributed by atoms with Crippen molar-refractivity contribution < 1.29 is 9.13 Å². The van der Waals surface area contributed by atoms with E-state index in [1.807, 2.05) is 24.3 Å². The van der Waals surface area contributed by atoms with Gasteiger partial charge in [-0.05, 0) is 43.3 Å². The van der Waals surface area contributed by atoms with Crippen molar-refractivity contribution in [3.8, 4) is 17.1 Å². The Morgan fingerprint density at radius 1 is 1.08 bits per heavy atom. The van der Waals surface area contributed by atoms with Crippen molar-refractivity contribution in [2.45, 2.75) is 17.3 Å². The van der Waals surface area contributed by atoms with Crippen molar-refractivity contribution in [1.29, 1.82) is 0 Å². The summed E-state index contributed by atoms with van der Waals surface area (Å²) in [5.41, 5.74) is 2.59. The zero-order valence-corrected chi connectivity index (χ0v) is 14.5. The minimum absolute atomic E-state index is 0.106. The number of nitrogens with zero attached hydrogens (tertiary/aromatic N) is 4. The molecule has 0 fully saturated rings. The molecule has 1 aliphatic rings. The van der Waals surface area contributed by atoms with Crippen molar-refractivity contribution in [3.05, 3.63) is 59.9 Å². The number of fused-ring (bicyclic) bond motifs is 1. The molecule has 25 heavy (non-hydrogen) atoms. The first-order valence-electron chi connectivity index (χ1n) is 7.77. The number of hydrogen-bond acceptors (Lipinski definition) is 5. The van der Waals surface area contributed by atoms with E-state index in [1.54, 1.807) is 35.7 Å². The van der Waals surface area contributed by atoms with Crippen LogP contribution in [0.4, 0.5) is 4.39 Å².